The summed E-state index contributed by atoms with van der Waals surface area (Å²) in [5.41, 5.74) is 1.40. The van der Waals surface area contributed by atoms with E-state index in [1.54, 1.807) is 18.5 Å². The van der Waals surface area contributed by atoms with Crippen LogP contribution >= 0.6 is 11.8 Å². The molecule has 5 nitrogen and oxygen atoms in total. The molecule has 2 aromatic heterocycles. The van der Waals surface area contributed by atoms with Gasteiger partial charge in [0.25, 0.3) is 0 Å². The molecule has 134 valence electrons. The second kappa shape index (κ2) is 7.45. The average molecular weight is 370 g/mol. The molecule has 4 rings (SSSR count). The number of H-pyrrole nitrogens is 1. The van der Waals surface area contributed by atoms with E-state index in [-0.39, 0.29) is 17.8 Å². The first kappa shape index (κ1) is 17.0. The van der Waals surface area contributed by atoms with E-state index in [2.05, 4.69) is 15.0 Å². The minimum Gasteiger partial charge on any atom is -0.340 e. The first-order valence-corrected chi connectivity index (χ1v) is 9.67. The van der Waals surface area contributed by atoms with Gasteiger partial charge in [0, 0.05) is 23.8 Å². The maximum atomic E-state index is 13.4. The van der Waals surface area contributed by atoms with E-state index in [9.17, 15) is 9.18 Å². The molecular weight excluding hydrogens is 351 g/mol. The maximum Gasteiger partial charge on any atom is 0.233 e. The normalized spacial score (nSPS) is 17.6. The van der Waals surface area contributed by atoms with Gasteiger partial charge in [-0.1, -0.05) is 0 Å². The number of aromatic amines is 1. The molecule has 0 radical (unpaired) electrons. The quantitative estimate of drug-likeness (QED) is 0.707. The van der Waals surface area contributed by atoms with Gasteiger partial charge in [-0.15, -0.1) is 11.8 Å². The predicted molar refractivity (Wildman–Crippen MR) is 99.3 cm³/mol. The SMILES string of the molecule is O=C(CSc1ccncc1)N1CCCC[C@@H]1c1nc2ccc(F)cc2[nH]1. The first-order valence-electron chi connectivity index (χ1n) is 8.68. The fourth-order valence-corrected chi connectivity index (χ4v) is 4.11. The molecule has 1 amide bonds. The number of pyridine rings is 1. The Hall–Kier alpha value is -2.41. The highest BCUT2D eigenvalue weighted by molar-refractivity contribution is 8.00. The molecular formula is C19H19FN4OS. The van der Waals surface area contributed by atoms with Gasteiger partial charge in [0.15, 0.2) is 0 Å². The molecule has 0 unspecified atom stereocenters. The van der Waals surface area contributed by atoms with E-state index in [4.69, 9.17) is 0 Å². The third kappa shape index (κ3) is 3.58. The van der Waals surface area contributed by atoms with E-state index in [0.29, 0.717) is 11.3 Å². The molecule has 26 heavy (non-hydrogen) atoms. The number of imidazole rings is 1. The zero-order valence-electron chi connectivity index (χ0n) is 14.2. The second-order valence-corrected chi connectivity index (χ2v) is 7.40. The van der Waals surface area contributed by atoms with Crippen LogP contribution in [0.1, 0.15) is 31.1 Å². The number of rotatable bonds is 4. The van der Waals surface area contributed by atoms with E-state index >= 15 is 0 Å². The number of amides is 1. The van der Waals surface area contributed by atoms with Crippen LogP contribution in [0.5, 0.6) is 0 Å². The summed E-state index contributed by atoms with van der Waals surface area (Å²) >= 11 is 1.51. The van der Waals surface area contributed by atoms with Gasteiger partial charge in [0.2, 0.25) is 5.91 Å². The Morgan fingerprint density at radius 2 is 2.12 bits per heavy atom. The van der Waals surface area contributed by atoms with E-state index < -0.39 is 0 Å². The molecule has 1 fully saturated rings. The highest BCUT2D eigenvalue weighted by Crippen LogP contribution is 2.31. The number of nitrogens with zero attached hydrogens (tertiary/aromatic N) is 3. The summed E-state index contributed by atoms with van der Waals surface area (Å²) in [5, 5.41) is 0. The Morgan fingerprint density at radius 1 is 1.27 bits per heavy atom. The lowest BCUT2D eigenvalue weighted by Crippen LogP contribution is -2.40. The van der Waals surface area contributed by atoms with Crippen LogP contribution in [0.3, 0.4) is 0 Å². The number of carbonyl (C=O) groups excluding carboxylic acids is 1. The van der Waals surface area contributed by atoms with Gasteiger partial charge in [-0.05, 0) is 49.6 Å². The number of halogens is 1. The summed E-state index contributed by atoms with van der Waals surface area (Å²) in [6, 6.07) is 8.24. The van der Waals surface area contributed by atoms with Crippen LogP contribution in [0.15, 0.2) is 47.6 Å². The van der Waals surface area contributed by atoms with E-state index in [0.717, 1.165) is 42.0 Å². The van der Waals surface area contributed by atoms with Crippen LogP contribution < -0.4 is 0 Å². The Bertz CT molecular complexity index is 914. The van der Waals surface area contributed by atoms with Gasteiger partial charge in [-0.3, -0.25) is 9.78 Å². The monoisotopic (exact) mass is 370 g/mol. The number of fused-ring (bicyclic) bond motifs is 1. The van der Waals surface area contributed by atoms with Crippen molar-refractivity contribution in [2.24, 2.45) is 0 Å². The number of likely N-dealkylation sites (tertiary alicyclic amines) is 1. The Kier molecular flexibility index (Phi) is 4.88. The van der Waals surface area contributed by atoms with Crippen LogP contribution in [0.2, 0.25) is 0 Å². The summed E-state index contributed by atoms with van der Waals surface area (Å²) in [6.07, 6.45) is 6.37. The van der Waals surface area contributed by atoms with Crippen molar-refractivity contribution in [3.63, 3.8) is 0 Å². The summed E-state index contributed by atoms with van der Waals surface area (Å²) in [5.74, 6) is 0.934. The second-order valence-electron chi connectivity index (χ2n) is 6.35. The minimum absolute atomic E-state index is 0.0789. The number of nitrogens with one attached hydrogen (secondary N) is 1. The molecule has 1 atom stereocenters. The topological polar surface area (TPSA) is 61.9 Å². The fraction of sp³-hybridized carbons (Fsp3) is 0.316. The van der Waals surface area contributed by atoms with Crippen LogP contribution in [0, 0.1) is 5.82 Å². The molecule has 1 saturated heterocycles. The number of hydrogen-bond acceptors (Lipinski definition) is 4. The predicted octanol–water partition coefficient (Wildman–Crippen LogP) is 3.94. The van der Waals surface area contributed by atoms with Gasteiger partial charge < -0.3 is 9.88 Å². The van der Waals surface area contributed by atoms with Crippen molar-refractivity contribution in [3.8, 4) is 0 Å². The van der Waals surface area contributed by atoms with Crippen molar-refractivity contribution in [3.05, 3.63) is 54.4 Å². The number of benzene rings is 1. The summed E-state index contributed by atoms with van der Waals surface area (Å²) in [4.78, 5) is 27.5. The molecule has 7 heteroatoms. The number of carbonyl (C=O) groups is 1. The zero-order valence-corrected chi connectivity index (χ0v) is 15.0. The molecule has 1 N–H and O–H groups in total. The average Bonchev–Trinajstić information content (AvgIpc) is 3.10. The maximum absolute atomic E-state index is 13.4. The molecule has 0 aliphatic carbocycles. The number of thioether (sulfide) groups is 1. The highest BCUT2D eigenvalue weighted by Gasteiger charge is 2.30. The van der Waals surface area contributed by atoms with Crippen LogP contribution in [-0.4, -0.2) is 38.1 Å². The summed E-state index contributed by atoms with van der Waals surface area (Å²) < 4.78 is 13.4. The molecule has 0 bridgehead atoms. The van der Waals surface area contributed by atoms with E-state index in [1.807, 2.05) is 17.0 Å². The molecule has 1 aliphatic heterocycles. The largest absolute Gasteiger partial charge is 0.340 e. The van der Waals surface area contributed by atoms with Gasteiger partial charge in [-0.2, -0.15) is 0 Å². The molecule has 1 aromatic carbocycles. The van der Waals surface area contributed by atoms with Crippen molar-refractivity contribution >= 4 is 28.7 Å². The Morgan fingerprint density at radius 3 is 2.96 bits per heavy atom. The molecule has 3 heterocycles. The Balaban J connectivity index is 1.52. The van der Waals surface area contributed by atoms with Crippen molar-refractivity contribution < 1.29 is 9.18 Å². The molecule has 0 spiro atoms. The van der Waals surface area contributed by atoms with Crippen molar-refractivity contribution in [2.75, 3.05) is 12.3 Å². The molecule has 0 saturated carbocycles. The minimum atomic E-state index is -0.293. The van der Waals surface area contributed by atoms with Gasteiger partial charge in [0.05, 0.1) is 22.8 Å². The van der Waals surface area contributed by atoms with Crippen molar-refractivity contribution in [1.29, 1.82) is 0 Å². The van der Waals surface area contributed by atoms with Gasteiger partial charge in [0.1, 0.15) is 11.6 Å². The van der Waals surface area contributed by atoms with Crippen molar-refractivity contribution in [1.82, 2.24) is 19.9 Å². The molecule has 1 aliphatic rings. The van der Waals surface area contributed by atoms with Crippen LogP contribution in [0.25, 0.3) is 11.0 Å². The number of hydrogen-bond donors (Lipinski definition) is 1. The number of aromatic nitrogens is 3. The summed E-state index contributed by atoms with van der Waals surface area (Å²) in [7, 11) is 0. The van der Waals surface area contributed by atoms with Crippen molar-refractivity contribution in [2.45, 2.75) is 30.2 Å². The fourth-order valence-electron chi connectivity index (χ4n) is 3.34. The lowest BCUT2D eigenvalue weighted by molar-refractivity contribution is -0.132. The number of piperidine rings is 1. The van der Waals surface area contributed by atoms with E-state index in [1.165, 1.54) is 23.9 Å². The van der Waals surface area contributed by atoms with Crippen LogP contribution in [-0.2, 0) is 4.79 Å². The standard InChI is InChI=1S/C19H19FN4OS/c20-13-4-5-15-16(11-13)23-19(22-15)17-3-1-2-10-24(17)18(25)12-26-14-6-8-21-9-7-14/h4-9,11,17H,1-3,10,12H2,(H,22,23)/t17-/m1/s1. The van der Waals surface area contributed by atoms with Crippen LogP contribution in [0.4, 0.5) is 4.39 Å². The molecule has 3 aromatic rings. The lowest BCUT2D eigenvalue weighted by atomic mass is 10.0. The smallest absolute Gasteiger partial charge is 0.233 e. The van der Waals surface area contributed by atoms with Gasteiger partial charge in [-0.25, -0.2) is 9.37 Å². The zero-order chi connectivity index (χ0) is 17.9. The third-order valence-electron chi connectivity index (χ3n) is 4.61. The third-order valence-corrected chi connectivity index (χ3v) is 5.61. The Labute approximate surface area is 155 Å². The summed E-state index contributed by atoms with van der Waals surface area (Å²) in [6.45, 7) is 0.728. The lowest BCUT2D eigenvalue weighted by Gasteiger charge is -2.34. The highest BCUT2D eigenvalue weighted by atomic mass is 32.2. The first-order chi connectivity index (χ1) is 12.7. The van der Waals surface area contributed by atoms with Gasteiger partial charge >= 0.3 is 0 Å².